The van der Waals surface area contributed by atoms with Crippen molar-refractivity contribution in [3.63, 3.8) is 0 Å². The zero-order valence-corrected chi connectivity index (χ0v) is 6.10. The normalized spacial score (nSPS) is 14.5. The Morgan fingerprint density at radius 1 is 1.50 bits per heavy atom. The van der Waals surface area contributed by atoms with Crippen molar-refractivity contribution in [2.75, 3.05) is 6.61 Å². The SMILES string of the molecule is O=C(O)O.O=C1OC=CCCO1. The second-order valence-electron chi connectivity index (χ2n) is 1.66. The molecule has 0 fully saturated rings. The minimum absolute atomic E-state index is 0.426. The zero-order chi connectivity index (χ0) is 9.40. The molecule has 0 unspecified atom stereocenters. The molecule has 0 aromatic heterocycles. The Morgan fingerprint density at radius 2 is 2.08 bits per heavy atom. The van der Waals surface area contributed by atoms with Crippen LogP contribution >= 0.6 is 0 Å². The predicted octanol–water partition coefficient (Wildman–Crippen LogP) is 1.28. The van der Waals surface area contributed by atoms with E-state index in [0.717, 1.165) is 6.42 Å². The van der Waals surface area contributed by atoms with Crippen molar-refractivity contribution < 1.29 is 29.3 Å². The number of carboxylic acid groups (broad SMARTS) is 2. The number of hydrogen-bond donors (Lipinski definition) is 2. The molecule has 0 saturated heterocycles. The number of carbonyl (C=O) groups is 2. The molecule has 1 aliphatic rings. The maximum absolute atomic E-state index is 10.2. The molecular weight excluding hydrogens is 168 g/mol. The van der Waals surface area contributed by atoms with E-state index in [1.807, 2.05) is 0 Å². The molecule has 0 radical (unpaired) electrons. The van der Waals surface area contributed by atoms with Gasteiger partial charge < -0.3 is 19.7 Å². The monoisotopic (exact) mass is 176 g/mol. The van der Waals surface area contributed by atoms with Gasteiger partial charge in [-0.05, 0) is 6.08 Å². The van der Waals surface area contributed by atoms with E-state index in [2.05, 4.69) is 9.47 Å². The molecule has 0 bridgehead atoms. The van der Waals surface area contributed by atoms with E-state index >= 15 is 0 Å². The molecule has 0 spiro atoms. The summed E-state index contributed by atoms with van der Waals surface area (Å²) in [6, 6.07) is 0. The van der Waals surface area contributed by atoms with Crippen LogP contribution in [0.5, 0.6) is 0 Å². The average Bonchev–Trinajstić information content (AvgIpc) is 2.14. The molecule has 1 aliphatic heterocycles. The van der Waals surface area contributed by atoms with Crippen molar-refractivity contribution in [2.45, 2.75) is 6.42 Å². The van der Waals surface area contributed by atoms with Crippen molar-refractivity contribution in [2.24, 2.45) is 0 Å². The van der Waals surface area contributed by atoms with Crippen LogP contribution in [-0.2, 0) is 9.47 Å². The Labute approximate surface area is 68.0 Å². The van der Waals surface area contributed by atoms with Crippen LogP contribution in [0, 0.1) is 0 Å². The van der Waals surface area contributed by atoms with Crippen molar-refractivity contribution in [3.05, 3.63) is 12.3 Å². The molecule has 0 saturated carbocycles. The third-order valence-electron chi connectivity index (χ3n) is 0.765. The van der Waals surface area contributed by atoms with Gasteiger partial charge in [0.1, 0.15) is 0 Å². The number of ether oxygens (including phenoxy) is 2. The van der Waals surface area contributed by atoms with Crippen molar-refractivity contribution in [1.82, 2.24) is 0 Å². The summed E-state index contributed by atoms with van der Waals surface area (Å²) in [7, 11) is 0. The molecule has 1 heterocycles. The summed E-state index contributed by atoms with van der Waals surface area (Å²) in [4.78, 5) is 18.7. The first-order valence-electron chi connectivity index (χ1n) is 3.03. The van der Waals surface area contributed by atoms with E-state index in [4.69, 9.17) is 15.0 Å². The maximum Gasteiger partial charge on any atom is 0.513 e. The highest BCUT2D eigenvalue weighted by Gasteiger charge is 2.01. The summed E-state index contributed by atoms with van der Waals surface area (Å²) >= 11 is 0. The number of carbonyl (C=O) groups excluding carboxylic acids is 1. The molecule has 6 heteroatoms. The van der Waals surface area contributed by atoms with Gasteiger partial charge in [-0.1, -0.05) is 0 Å². The van der Waals surface area contributed by atoms with Gasteiger partial charge in [-0.15, -0.1) is 0 Å². The highest BCUT2D eigenvalue weighted by atomic mass is 16.7. The Bertz CT molecular complexity index is 180. The molecule has 1 rings (SSSR count). The lowest BCUT2D eigenvalue weighted by Gasteiger charge is -1.93. The third-order valence-corrected chi connectivity index (χ3v) is 0.765. The zero-order valence-electron chi connectivity index (χ0n) is 6.10. The van der Waals surface area contributed by atoms with Gasteiger partial charge in [0.25, 0.3) is 0 Å². The van der Waals surface area contributed by atoms with Gasteiger partial charge >= 0.3 is 12.3 Å². The largest absolute Gasteiger partial charge is 0.513 e. The molecule has 0 aliphatic carbocycles. The summed E-state index contributed by atoms with van der Waals surface area (Å²) in [6.45, 7) is 0.426. The Balaban J connectivity index is 0.000000261. The fraction of sp³-hybridized carbons (Fsp3) is 0.333. The number of cyclic esters (lactones) is 2. The standard InChI is InChI=1S/C5H6O3.CH2O3/c6-5-7-3-1-2-4-8-5;2-1(3)4/h1,3H,2,4H2;(H2,2,3,4). The molecule has 0 amide bonds. The first kappa shape index (κ1) is 10.3. The number of hydrogen-bond acceptors (Lipinski definition) is 4. The summed E-state index contributed by atoms with van der Waals surface area (Å²) in [6.07, 6.45) is 1.38. The lowest BCUT2D eigenvalue weighted by Crippen LogP contribution is -2.00. The summed E-state index contributed by atoms with van der Waals surface area (Å²) < 4.78 is 8.84. The van der Waals surface area contributed by atoms with E-state index in [9.17, 15) is 4.79 Å². The first-order chi connectivity index (χ1) is 5.63. The lowest BCUT2D eigenvalue weighted by molar-refractivity contribution is 0.0916. The van der Waals surface area contributed by atoms with Gasteiger partial charge in [0, 0.05) is 6.42 Å². The van der Waals surface area contributed by atoms with Gasteiger partial charge in [0.05, 0.1) is 12.9 Å². The molecular formula is C6H8O6. The quantitative estimate of drug-likeness (QED) is 0.540. The minimum atomic E-state index is -1.83. The highest BCUT2D eigenvalue weighted by Crippen LogP contribution is 1.95. The second kappa shape index (κ2) is 6.02. The predicted molar refractivity (Wildman–Crippen MR) is 36.8 cm³/mol. The van der Waals surface area contributed by atoms with Crippen molar-refractivity contribution in [1.29, 1.82) is 0 Å². The topological polar surface area (TPSA) is 93.1 Å². The van der Waals surface area contributed by atoms with Gasteiger partial charge in [-0.2, -0.15) is 0 Å². The van der Waals surface area contributed by atoms with E-state index in [1.165, 1.54) is 6.26 Å². The summed E-state index contributed by atoms with van der Waals surface area (Å²) in [5.41, 5.74) is 0. The molecule has 0 aromatic rings. The summed E-state index contributed by atoms with van der Waals surface area (Å²) in [5, 5.41) is 13.9. The van der Waals surface area contributed by atoms with Gasteiger partial charge in [-0.25, -0.2) is 9.59 Å². The van der Waals surface area contributed by atoms with Crippen LogP contribution in [0.25, 0.3) is 0 Å². The van der Waals surface area contributed by atoms with E-state index in [1.54, 1.807) is 6.08 Å². The summed E-state index contributed by atoms with van der Waals surface area (Å²) in [5.74, 6) is 0. The Morgan fingerprint density at radius 3 is 2.67 bits per heavy atom. The molecule has 12 heavy (non-hydrogen) atoms. The van der Waals surface area contributed by atoms with Crippen LogP contribution in [0.2, 0.25) is 0 Å². The Kier molecular flexibility index (Phi) is 5.16. The van der Waals surface area contributed by atoms with Crippen LogP contribution < -0.4 is 0 Å². The lowest BCUT2D eigenvalue weighted by atomic mass is 10.5. The van der Waals surface area contributed by atoms with E-state index in [-0.39, 0.29) is 0 Å². The molecule has 6 nitrogen and oxygen atoms in total. The minimum Gasteiger partial charge on any atom is -0.450 e. The maximum atomic E-state index is 10.2. The van der Waals surface area contributed by atoms with Crippen LogP contribution in [0.3, 0.4) is 0 Å². The Hall–Kier alpha value is -1.72. The molecule has 0 atom stereocenters. The number of rotatable bonds is 0. The molecule has 2 N–H and O–H groups in total. The third kappa shape index (κ3) is 8.28. The molecule has 68 valence electrons. The van der Waals surface area contributed by atoms with E-state index < -0.39 is 12.3 Å². The van der Waals surface area contributed by atoms with Gasteiger partial charge in [0.15, 0.2) is 0 Å². The van der Waals surface area contributed by atoms with Crippen LogP contribution in [-0.4, -0.2) is 29.1 Å². The second-order valence-corrected chi connectivity index (χ2v) is 1.66. The van der Waals surface area contributed by atoms with Crippen molar-refractivity contribution in [3.8, 4) is 0 Å². The van der Waals surface area contributed by atoms with Gasteiger partial charge in [-0.3, -0.25) is 0 Å². The first-order valence-corrected chi connectivity index (χ1v) is 3.03. The average molecular weight is 176 g/mol. The van der Waals surface area contributed by atoms with E-state index in [0.29, 0.717) is 6.61 Å². The van der Waals surface area contributed by atoms with Gasteiger partial charge in [0.2, 0.25) is 0 Å². The smallest absolute Gasteiger partial charge is 0.450 e. The van der Waals surface area contributed by atoms with Crippen LogP contribution in [0.1, 0.15) is 6.42 Å². The fourth-order valence-corrected chi connectivity index (χ4v) is 0.416. The van der Waals surface area contributed by atoms with Crippen molar-refractivity contribution >= 4 is 12.3 Å². The fourth-order valence-electron chi connectivity index (χ4n) is 0.416. The highest BCUT2D eigenvalue weighted by molar-refractivity contribution is 5.60. The van der Waals surface area contributed by atoms with Crippen LogP contribution in [0.4, 0.5) is 9.59 Å². The molecule has 0 aromatic carbocycles. The van der Waals surface area contributed by atoms with Crippen LogP contribution in [0.15, 0.2) is 12.3 Å².